The molecule has 0 N–H and O–H groups in total. The second-order valence-corrected chi connectivity index (χ2v) is 7.34. The normalized spacial score (nSPS) is 18.5. The average molecular weight is 384 g/mol. The Labute approximate surface area is 147 Å². The van der Waals surface area contributed by atoms with E-state index in [4.69, 9.17) is 0 Å². The average Bonchev–Trinajstić information content (AvgIpc) is 2.79. The number of benzene rings is 2. The summed E-state index contributed by atoms with van der Waals surface area (Å²) < 4.78 is 0.952. The SMILES string of the molecule is O=C1CC(CN2C(=O)c3ccccc3C2=O)(c2ccc(Br)cc2)C1. The van der Waals surface area contributed by atoms with Gasteiger partial charge in [-0.3, -0.25) is 19.3 Å². The van der Waals surface area contributed by atoms with Crippen molar-refractivity contribution < 1.29 is 14.4 Å². The molecule has 2 aromatic rings. The standard InChI is InChI=1S/C19H14BrNO3/c20-13-7-5-12(6-8-13)19(9-14(22)10-19)11-21-17(23)15-3-1-2-4-16(15)18(21)24/h1-8H,9-11H2. The van der Waals surface area contributed by atoms with Crippen LogP contribution in [0.4, 0.5) is 0 Å². The number of nitrogens with zero attached hydrogens (tertiary/aromatic N) is 1. The second kappa shape index (κ2) is 5.38. The number of hydrogen-bond donors (Lipinski definition) is 0. The molecule has 0 radical (unpaired) electrons. The second-order valence-electron chi connectivity index (χ2n) is 6.42. The summed E-state index contributed by atoms with van der Waals surface area (Å²) >= 11 is 3.41. The zero-order valence-electron chi connectivity index (χ0n) is 12.8. The molecule has 1 heterocycles. The van der Waals surface area contributed by atoms with Crippen LogP contribution in [0.15, 0.2) is 53.0 Å². The van der Waals surface area contributed by atoms with E-state index in [9.17, 15) is 14.4 Å². The number of fused-ring (bicyclic) bond motifs is 1. The van der Waals surface area contributed by atoms with E-state index in [1.165, 1.54) is 4.90 Å². The van der Waals surface area contributed by atoms with Gasteiger partial charge in [0.15, 0.2) is 0 Å². The summed E-state index contributed by atoms with van der Waals surface area (Å²) in [6.45, 7) is 0.243. The molecule has 1 fully saturated rings. The minimum Gasteiger partial charge on any atom is -0.300 e. The van der Waals surface area contributed by atoms with E-state index in [0.29, 0.717) is 24.0 Å². The molecule has 1 aliphatic heterocycles. The van der Waals surface area contributed by atoms with Gasteiger partial charge in [-0.25, -0.2) is 0 Å². The molecular formula is C19H14BrNO3. The molecular weight excluding hydrogens is 370 g/mol. The molecule has 24 heavy (non-hydrogen) atoms. The van der Waals surface area contributed by atoms with Crippen molar-refractivity contribution in [1.29, 1.82) is 0 Å². The first-order valence-electron chi connectivity index (χ1n) is 7.73. The van der Waals surface area contributed by atoms with Crippen molar-refractivity contribution in [3.8, 4) is 0 Å². The first kappa shape index (κ1) is 15.3. The van der Waals surface area contributed by atoms with E-state index in [1.807, 2.05) is 24.3 Å². The Hall–Kier alpha value is -2.27. The summed E-state index contributed by atoms with van der Waals surface area (Å²) in [5, 5.41) is 0. The lowest BCUT2D eigenvalue weighted by Gasteiger charge is -2.43. The number of carbonyl (C=O) groups is 3. The predicted octanol–water partition coefficient (Wildman–Crippen LogP) is 3.35. The van der Waals surface area contributed by atoms with Gasteiger partial charge in [-0.15, -0.1) is 0 Å². The van der Waals surface area contributed by atoms with Crippen molar-refractivity contribution in [2.24, 2.45) is 0 Å². The molecule has 0 aromatic heterocycles. The number of amides is 2. The van der Waals surface area contributed by atoms with Crippen LogP contribution >= 0.6 is 15.9 Å². The largest absolute Gasteiger partial charge is 0.300 e. The number of carbonyl (C=O) groups excluding carboxylic acids is 3. The van der Waals surface area contributed by atoms with Gasteiger partial charge in [0.2, 0.25) is 0 Å². The molecule has 2 aliphatic rings. The summed E-state index contributed by atoms with van der Waals surface area (Å²) in [4.78, 5) is 38.2. The van der Waals surface area contributed by atoms with Gasteiger partial charge < -0.3 is 0 Å². The van der Waals surface area contributed by atoms with Crippen LogP contribution in [0.3, 0.4) is 0 Å². The fourth-order valence-corrected chi connectivity index (χ4v) is 3.86. The smallest absolute Gasteiger partial charge is 0.261 e. The van der Waals surface area contributed by atoms with Gasteiger partial charge in [0.05, 0.1) is 11.1 Å². The van der Waals surface area contributed by atoms with Crippen LogP contribution in [0, 0.1) is 0 Å². The molecule has 1 aliphatic carbocycles. The van der Waals surface area contributed by atoms with E-state index >= 15 is 0 Å². The molecule has 0 spiro atoms. The van der Waals surface area contributed by atoms with Crippen molar-refractivity contribution in [3.63, 3.8) is 0 Å². The van der Waals surface area contributed by atoms with Crippen molar-refractivity contribution >= 4 is 33.5 Å². The maximum Gasteiger partial charge on any atom is 0.261 e. The highest BCUT2D eigenvalue weighted by Crippen LogP contribution is 2.43. The fraction of sp³-hybridized carbons (Fsp3) is 0.211. The Balaban J connectivity index is 1.68. The third kappa shape index (κ3) is 2.23. The zero-order valence-corrected chi connectivity index (χ0v) is 14.4. The molecule has 0 saturated heterocycles. The minimum atomic E-state index is -0.467. The number of ketones is 1. The van der Waals surface area contributed by atoms with Crippen LogP contribution in [-0.4, -0.2) is 29.0 Å². The van der Waals surface area contributed by atoms with Crippen molar-refractivity contribution in [1.82, 2.24) is 4.90 Å². The lowest BCUT2D eigenvalue weighted by atomic mass is 9.63. The lowest BCUT2D eigenvalue weighted by molar-refractivity contribution is -0.128. The monoisotopic (exact) mass is 383 g/mol. The van der Waals surface area contributed by atoms with Gasteiger partial charge >= 0.3 is 0 Å². The third-order valence-corrected chi connectivity index (χ3v) is 5.40. The number of imide groups is 1. The van der Waals surface area contributed by atoms with Crippen LogP contribution in [0.2, 0.25) is 0 Å². The summed E-state index contributed by atoms with van der Waals surface area (Å²) in [6, 6.07) is 14.6. The van der Waals surface area contributed by atoms with Crippen LogP contribution < -0.4 is 0 Å². The maximum atomic E-state index is 12.6. The molecule has 120 valence electrons. The highest BCUT2D eigenvalue weighted by molar-refractivity contribution is 9.10. The molecule has 5 heteroatoms. The highest BCUT2D eigenvalue weighted by atomic mass is 79.9. The van der Waals surface area contributed by atoms with E-state index < -0.39 is 5.41 Å². The quantitative estimate of drug-likeness (QED) is 0.763. The first-order chi connectivity index (χ1) is 11.5. The van der Waals surface area contributed by atoms with Crippen LogP contribution in [0.5, 0.6) is 0 Å². The van der Waals surface area contributed by atoms with Gasteiger partial charge in [-0.2, -0.15) is 0 Å². The summed E-state index contributed by atoms with van der Waals surface area (Å²) in [5.41, 5.74) is 1.41. The first-order valence-corrected chi connectivity index (χ1v) is 8.52. The molecule has 0 bridgehead atoms. The molecule has 0 unspecified atom stereocenters. The molecule has 4 rings (SSSR count). The Morgan fingerprint density at radius 2 is 1.42 bits per heavy atom. The van der Waals surface area contributed by atoms with E-state index in [0.717, 1.165) is 10.0 Å². The number of rotatable bonds is 3. The van der Waals surface area contributed by atoms with Crippen molar-refractivity contribution in [2.45, 2.75) is 18.3 Å². The van der Waals surface area contributed by atoms with Gasteiger partial charge in [-0.05, 0) is 29.8 Å². The predicted molar refractivity (Wildman–Crippen MR) is 91.9 cm³/mol. The Bertz CT molecular complexity index is 829. The third-order valence-electron chi connectivity index (χ3n) is 4.87. The van der Waals surface area contributed by atoms with Crippen molar-refractivity contribution in [2.75, 3.05) is 6.54 Å². The van der Waals surface area contributed by atoms with Crippen LogP contribution in [-0.2, 0) is 10.2 Å². The van der Waals surface area contributed by atoms with Gasteiger partial charge in [-0.1, -0.05) is 40.2 Å². The fourth-order valence-electron chi connectivity index (χ4n) is 3.60. The Morgan fingerprint density at radius 3 is 1.92 bits per heavy atom. The summed E-state index contributed by atoms with van der Waals surface area (Å²) in [7, 11) is 0. The Morgan fingerprint density at radius 1 is 0.875 bits per heavy atom. The van der Waals surface area contributed by atoms with Gasteiger partial charge in [0.1, 0.15) is 5.78 Å². The van der Waals surface area contributed by atoms with E-state index in [2.05, 4.69) is 15.9 Å². The van der Waals surface area contributed by atoms with E-state index in [1.54, 1.807) is 24.3 Å². The number of hydrogen-bond acceptors (Lipinski definition) is 3. The summed E-state index contributed by atoms with van der Waals surface area (Å²) in [6.07, 6.45) is 0.726. The summed E-state index contributed by atoms with van der Waals surface area (Å²) in [5.74, 6) is -0.382. The highest BCUT2D eigenvalue weighted by Gasteiger charge is 2.49. The topological polar surface area (TPSA) is 54.5 Å². The Kier molecular flexibility index (Phi) is 3.42. The molecule has 2 aromatic carbocycles. The van der Waals surface area contributed by atoms with E-state index in [-0.39, 0.29) is 24.1 Å². The zero-order chi connectivity index (χ0) is 16.9. The van der Waals surface area contributed by atoms with Crippen LogP contribution in [0.1, 0.15) is 39.1 Å². The maximum absolute atomic E-state index is 12.6. The minimum absolute atomic E-state index is 0.162. The molecule has 1 saturated carbocycles. The number of Topliss-reactive ketones (excluding diaryl/α,β-unsaturated/α-hetero) is 1. The lowest BCUT2D eigenvalue weighted by Crippen LogP contribution is -2.51. The van der Waals surface area contributed by atoms with Crippen LogP contribution in [0.25, 0.3) is 0 Å². The molecule has 0 atom stereocenters. The number of halogens is 1. The van der Waals surface area contributed by atoms with Gasteiger partial charge in [0, 0.05) is 29.3 Å². The molecule has 2 amide bonds. The van der Waals surface area contributed by atoms with Crippen molar-refractivity contribution in [3.05, 3.63) is 69.7 Å². The molecule has 4 nitrogen and oxygen atoms in total. The van der Waals surface area contributed by atoms with Gasteiger partial charge in [0.25, 0.3) is 11.8 Å².